The summed E-state index contributed by atoms with van der Waals surface area (Å²) in [5, 5.41) is 3.01. The lowest BCUT2D eigenvalue weighted by Crippen LogP contribution is -2.41. The standard InChI is InChI=1S/C19H27NO5/c1-4-25-19(22)12-18(21)20-15-8-6-5-7-14(15)13-9-10-16(23-2)17(11-13)24-3/h9-11,14-15H,4-8,12H2,1-3H3,(H,20,21). The molecule has 0 heterocycles. The Morgan fingerprint density at radius 3 is 2.52 bits per heavy atom. The first kappa shape index (κ1) is 19.1. The Kier molecular flexibility index (Phi) is 7.10. The van der Waals surface area contributed by atoms with Gasteiger partial charge in [0.05, 0.1) is 20.8 Å². The number of esters is 1. The van der Waals surface area contributed by atoms with Gasteiger partial charge in [-0.2, -0.15) is 0 Å². The molecule has 1 aliphatic rings. The number of carbonyl (C=O) groups is 2. The number of amides is 1. The number of benzene rings is 1. The molecule has 6 heteroatoms. The van der Waals surface area contributed by atoms with Crippen LogP contribution in [0.3, 0.4) is 0 Å². The van der Waals surface area contributed by atoms with Crippen LogP contribution in [0.1, 0.15) is 50.5 Å². The third-order valence-electron chi connectivity index (χ3n) is 4.56. The van der Waals surface area contributed by atoms with Crippen LogP contribution in [0.25, 0.3) is 0 Å². The van der Waals surface area contributed by atoms with Crippen LogP contribution in [-0.4, -0.2) is 38.7 Å². The van der Waals surface area contributed by atoms with Crippen LogP contribution in [0.15, 0.2) is 18.2 Å². The maximum Gasteiger partial charge on any atom is 0.315 e. The summed E-state index contributed by atoms with van der Waals surface area (Å²) in [5.74, 6) is 0.793. The van der Waals surface area contributed by atoms with Crippen LogP contribution < -0.4 is 14.8 Å². The van der Waals surface area contributed by atoms with Crippen LogP contribution >= 0.6 is 0 Å². The zero-order valence-electron chi connectivity index (χ0n) is 15.2. The van der Waals surface area contributed by atoms with Gasteiger partial charge < -0.3 is 19.5 Å². The van der Waals surface area contributed by atoms with E-state index in [0.717, 1.165) is 31.2 Å². The van der Waals surface area contributed by atoms with Gasteiger partial charge in [0.2, 0.25) is 5.91 Å². The molecule has 2 atom stereocenters. The van der Waals surface area contributed by atoms with E-state index >= 15 is 0 Å². The van der Waals surface area contributed by atoms with Gasteiger partial charge in [-0.15, -0.1) is 0 Å². The van der Waals surface area contributed by atoms with Crippen molar-refractivity contribution in [3.63, 3.8) is 0 Å². The molecule has 1 saturated carbocycles. The molecule has 0 spiro atoms. The summed E-state index contributed by atoms with van der Waals surface area (Å²) in [5.41, 5.74) is 1.11. The van der Waals surface area contributed by atoms with E-state index in [1.54, 1.807) is 21.1 Å². The van der Waals surface area contributed by atoms with Crippen LogP contribution in [0.2, 0.25) is 0 Å². The third kappa shape index (κ3) is 5.11. The predicted octanol–water partition coefficient (Wildman–Crippen LogP) is 2.80. The number of hydrogen-bond acceptors (Lipinski definition) is 5. The molecule has 1 N–H and O–H groups in total. The second-order valence-corrected chi connectivity index (χ2v) is 6.16. The molecule has 25 heavy (non-hydrogen) atoms. The van der Waals surface area contributed by atoms with Crippen LogP contribution in [0.4, 0.5) is 0 Å². The van der Waals surface area contributed by atoms with Crippen molar-refractivity contribution in [2.24, 2.45) is 0 Å². The van der Waals surface area contributed by atoms with E-state index in [1.807, 2.05) is 18.2 Å². The molecule has 0 saturated heterocycles. The number of carbonyl (C=O) groups excluding carboxylic acids is 2. The molecule has 6 nitrogen and oxygen atoms in total. The smallest absolute Gasteiger partial charge is 0.315 e. The highest BCUT2D eigenvalue weighted by atomic mass is 16.5. The Hall–Kier alpha value is -2.24. The molecule has 1 fully saturated rings. The summed E-state index contributed by atoms with van der Waals surface area (Å²) >= 11 is 0. The second-order valence-electron chi connectivity index (χ2n) is 6.16. The van der Waals surface area contributed by atoms with Gasteiger partial charge in [-0.1, -0.05) is 18.9 Å². The van der Waals surface area contributed by atoms with E-state index in [2.05, 4.69) is 5.32 Å². The van der Waals surface area contributed by atoms with Gasteiger partial charge in [-0.05, 0) is 37.5 Å². The van der Waals surface area contributed by atoms with E-state index in [9.17, 15) is 9.59 Å². The van der Waals surface area contributed by atoms with Gasteiger partial charge >= 0.3 is 5.97 Å². The predicted molar refractivity (Wildman–Crippen MR) is 93.9 cm³/mol. The van der Waals surface area contributed by atoms with E-state index in [4.69, 9.17) is 14.2 Å². The van der Waals surface area contributed by atoms with E-state index < -0.39 is 5.97 Å². The molecule has 138 valence electrons. The first-order valence-corrected chi connectivity index (χ1v) is 8.76. The van der Waals surface area contributed by atoms with Gasteiger partial charge in [0, 0.05) is 12.0 Å². The van der Waals surface area contributed by atoms with Gasteiger partial charge in [-0.25, -0.2) is 0 Å². The summed E-state index contributed by atoms with van der Waals surface area (Å²) in [6.45, 7) is 2.01. The lowest BCUT2D eigenvalue weighted by Gasteiger charge is -2.32. The van der Waals surface area contributed by atoms with Crippen molar-refractivity contribution in [2.45, 2.75) is 51.0 Å². The maximum atomic E-state index is 12.1. The zero-order valence-corrected chi connectivity index (χ0v) is 15.2. The first-order valence-electron chi connectivity index (χ1n) is 8.76. The van der Waals surface area contributed by atoms with Crippen molar-refractivity contribution in [1.29, 1.82) is 0 Å². The maximum absolute atomic E-state index is 12.1. The average molecular weight is 349 g/mol. The fourth-order valence-electron chi connectivity index (χ4n) is 3.39. The van der Waals surface area contributed by atoms with Crippen molar-refractivity contribution >= 4 is 11.9 Å². The van der Waals surface area contributed by atoms with Gasteiger partial charge in [-0.3, -0.25) is 9.59 Å². The quantitative estimate of drug-likeness (QED) is 0.605. The Labute approximate surface area is 148 Å². The number of nitrogens with one attached hydrogen (secondary N) is 1. The summed E-state index contributed by atoms with van der Waals surface area (Å²) < 4.78 is 15.5. The molecule has 2 rings (SSSR count). The van der Waals surface area contributed by atoms with E-state index in [0.29, 0.717) is 11.5 Å². The number of methoxy groups -OCH3 is 2. The fourth-order valence-corrected chi connectivity index (χ4v) is 3.39. The van der Waals surface area contributed by atoms with Crippen molar-refractivity contribution in [3.05, 3.63) is 23.8 Å². The Morgan fingerprint density at radius 1 is 1.12 bits per heavy atom. The molecule has 0 bridgehead atoms. The summed E-state index contributed by atoms with van der Waals surface area (Å²) in [6.07, 6.45) is 3.83. The van der Waals surface area contributed by atoms with Gasteiger partial charge in [0.25, 0.3) is 0 Å². The zero-order chi connectivity index (χ0) is 18.2. The molecule has 0 radical (unpaired) electrons. The Bertz CT molecular complexity index is 601. The normalized spacial score (nSPS) is 19.8. The minimum absolute atomic E-state index is 0.00813. The topological polar surface area (TPSA) is 73.9 Å². The monoisotopic (exact) mass is 349 g/mol. The minimum atomic E-state index is -0.488. The number of rotatable bonds is 7. The second kappa shape index (κ2) is 9.30. The van der Waals surface area contributed by atoms with E-state index in [1.165, 1.54) is 0 Å². The lowest BCUT2D eigenvalue weighted by molar-refractivity contribution is -0.146. The van der Waals surface area contributed by atoms with Crippen LogP contribution in [0.5, 0.6) is 11.5 Å². The first-order chi connectivity index (χ1) is 12.1. The van der Waals surface area contributed by atoms with Crippen LogP contribution in [-0.2, 0) is 14.3 Å². The Balaban J connectivity index is 2.10. The molecule has 0 aliphatic heterocycles. The van der Waals surface area contributed by atoms with Gasteiger partial charge in [0.1, 0.15) is 6.42 Å². The van der Waals surface area contributed by atoms with Crippen molar-refractivity contribution < 1.29 is 23.8 Å². The average Bonchev–Trinajstić information content (AvgIpc) is 2.61. The highest BCUT2D eigenvalue weighted by Gasteiger charge is 2.29. The number of ether oxygens (including phenoxy) is 3. The fraction of sp³-hybridized carbons (Fsp3) is 0.579. The summed E-state index contributed by atoms with van der Waals surface area (Å²) in [6, 6.07) is 5.88. The lowest BCUT2D eigenvalue weighted by atomic mass is 9.80. The molecule has 1 aromatic rings. The molecular weight excluding hydrogens is 322 g/mol. The Morgan fingerprint density at radius 2 is 1.84 bits per heavy atom. The van der Waals surface area contributed by atoms with Crippen molar-refractivity contribution in [3.8, 4) is 11.5 Å². The van der Waals surface area contributed by atoms with Gasteiger partial charge in [0.15, 0.2) is 11.5 Å². The highest BCUT2D eigenvalue weighted by molar-refractivity contribution is 5.94. The third-order valence-corrected chi connectivity index (χ3v) is 4.56. The summed E-state index contributed by atoms with van der Waals surface area (Å²) in [7, 11) is 3.22. The molecular formula is C19H27NO5. The molecule has 1 aliphatic carbocycles. The van der Waals surface area contributed by atoms with Crippen LogP contribution in [0, 0.1) is 0 Å². The molecule has 0 aromatic heterocycles. The van der Waals surface area contributed by atoms with E-state index in [-0.39, 0.29) is 30.9 Å². The van der Waals surface area contributed by atoms with Crippen molar-refractivity contribution in [1.82, 2.24) is 5.32 Å². The minimum Gasteiger partial charge on any atom is -0.493 e. The largest absolute Gasteiger partial charge is 0.493 e. The molecule has 1 aromatic carbocycles. The molecule has 1 amide bonds. The highest BCUT2D eigenvalue weighted by Crippen LogP contribution is 2.37. The molecule has 2 unspecified atom stereocenters. The summed E-state index contributed by atoms with van der Waals surface area (Å²) in [4.78, 5) is 23.6. The number of hydrogen-bond donors (Lipinski definition) is 1. The SMILES string of the molecule is CCOC(=O)CC(=O)NC1CCCCC1c1ccc(OC)c(OC)c1. The van der Waals surface area contributed by atoms with Crippen molar-refractivity contribution in [2.75, 3.05) is 20.8 Å².